The largest absolute Gasteiger partial charge is 0.391 e. The second-order valence-electron chi connectivity index (χ2n) is 5.57. The summed E-state index contributed by atoms with van der Waals surface area (Å²) in [6, 6.07) is 0. The molecule has 1 aliphatic heterocycles. The molecule has 1 rings (SSSR count). The normalized spacial score (nSPS) is 16.9. The first-order valence-electron chi connectivity index (χ1n) is 7.37. The van der Waals surface area contributed by atoms with Crippen molar-refractivity contribution in [1.29, 1.82) is 0 Å². The fraction of sp³-hybridized carbons (Fsp3) is 0.857. The number of ether oxygens (including phenoxy) is 1. The van der Waals surface area contributed by atoms with Gasteiger partial charge in [-0.3, -0.25) is 9.59 Å². The van der Waals surface area contributed by atoms with Crippen molar-refractivity contribution in [1.82, 2.24) is 10.2 Å². The fourth-order valence-corrected chi connectivity index (χ4v) is 2.79. The number of carbonyl (C=O) groups excluding carboxylic acids is 2. The molecule has 1 aliphatic rings. The van der Waals surface area contributed by atoms with Crippen molar-refractivity contribution in [2.45, 2.75) is 26.4 Å². The zero-order valence-electron chi connectivity index (χ0n) is 12.8. The molecule has 7 heteroatoms. The van der Waals surface area contributed by atoms with Crippen LogP contribution in [0.2, 0.25) is 0 Å². The smallest absolute Gasteiger partial charge is 0.232 e. The van der Waals surface area contributed by atoms with Gasteiger partial charge in [0.15, 0.2) is 0 Å². The predicted octanol–water partition coefficient (Wildman–Crippen LogP) is 0.102. The number of morpholine rings is 1. The van der Waals surface area contributed by atoms with Crippen LogP contribution in [-0.4, -0.2) is 72.3 Å². The Hall–Kier alpha value is -0.790. The molecule has 6 nitrogen and oxygen atoms in total. The molecule has 0 bridgehead atoms. The lowest BCUT2D eigenvalue weighted by Gasteiger charge is -2.26. The number of rotatable bonds is 8. The Bertz CT molecular complexity index is 333. The molecule has 0 radical (unpaired) electrons. The van der Waals surface area contributed by atoms with Gasteiger partial charge in [-0.05, 0) is 12.3 Å². The average Bonchev–Trinajstić information content (AvgIpc) is 2.45. The van der Waals surface area contributed by atoms with Crippen LogP contribution >= 0.6 is 11.8 Å². The maximum atomic E-state index is 11.8. The van der Waals surface area contributed by atoms with Gasteiger partial charge >= 0.3 is 0 Å². The van der Waals surface area contributed by atoms with Crippen LogP contribution in [0.1, 0.15) is 20.3 Å². The molecule has 0 aromatic rings. The number of hydrogen-bond acceptors (Lipinski definition) is 5. The average molecular weight is 318 g/mol. The summed E-state index contributed by atoms with van der Waals surface area (Å²) in [7, 11) is 0. The minimum Gasteiger partial charge on any atom is -0.391 e. The van der Waals surface area contributed by atoms with Crippen molar-refractivity contribution < 1.29 is 19.4 Å². The van der Waals surface area contributed by atoms with Crippen LogP contribution in [0.3, 0.4) is 0 Å². The topological polar surface area (TPSA) is 78.9 Å². The highest BCUT2D eigenvalue weighted by atomic mass is 32.2. The maximum absolute atomic E-state index is 11.8. The molecule has 1 fully saturated rings. The minimum atomic E-state index is -0.506. The van der Waals surface area contributed by atoms with E-state index in [4.69, 9.17) is 4.74 Å². The first-order chi connectivity index (χ1) is 9.99. The molecule has 2 amide bonds. The van der Waals surface area contributed by atoms with Gasteiger partial charge in [-0.1, -0.05) is 13.8 Å². The summed E-state index contributed by atoms with van der Waals surface area (Å²) in [4.78, 5) is 25.2. The molecule has 2 N–H and O–H groups in total. The van der Waals surface area contributed by atoms with E-state index in [0.717, 1.165) is 0 Å². The second-order valence-corrected chi connectivity index (χ2v) is 6.56. The van der Waals surface area contributed by atoms with Gasteiger partial charge in [-0.2, -0.15) is 0 Å². The van der Waals surface area contributed by atoms with Crippen molar-refractivity contribution in [2.75, 3.05) is 44.4 Å². The van der Waals surface area contributed by atoms with Gasteiger partial charge in [-0.25, -0.2) is 0 Å². The highest BCUT2D eigenvalue weighted by molar-refractivity contribution is 8.00. The van der Waals surface area contributed by atoms with E-state index in [-0.39, 0.29) is 24.1 Å². The molecular formula is C14H26N2O4S. The van der Waals surface area contributed by atoms with Crippen molar-refractivity contribution in [3.8, 4) is 0 Å². The molecule has 0 saturated carbocycles. The summed E-state index contributed by atoms with van der Waals surface area (Å²) in [6.07, 6.45) is 0.164. The lowest BCUT2D eigenvalue weighted by Crippen LogP contribution is -2.41. The molecule has 21 heavy (non-hydrogen) atoms. The Morgan fingerprint density at radius 2 is 1.95 bits per heavy atom. The summed E-state index contributed by atoms with van der Waals surface area (Å²) < 4.78 is 5.19. The van der Waals surface area contributed by atoms with E-state index in [1.165, 1.54) is 11.8 Å². The van der Waals surface area contributed by atoms with E-state index in [1.54, 1.807) is 4.90 Å². The third-order valence-electron chi connectivity index (χ3n) is 3.10. The van der Waals surface area contributed by atoms with Crippen LogP contribution in [-0.2, 0) is 14.3 Å². The summed E-state index contributed by atoms with van der Waals surface area (Å²) in [6.45, 7) is 6.76. The zero-order chi connectivity index (χ0) is 15.7. The second kappa shape index (κ2) is 10.0. The summed E-state index contributed by atoms with van der Waals surface area (Å²) in [5.41, 5.74) is 0. The Morgan fingerprint density at radius 1 is 1.29 bits per heavy atom. The standard InChI is InChI=1S/C14H26N2O4S/c1-11(2)7-12(17)8-15-13(18)9-21-10-14(19)16-3-5-20-6-4-16/h11-12,17H,3-10H2,1-2H3,(H,15,18). The third-order valence-corrected chi connectivity index (χ3v) is 4.02. The zero-order valence-corrected chi connectivity index (χ0v) is 13.7. The van der Waals surface area contributed by atoms with E-state index < -0.39 is 6.10 Å². The predicted molar refractivity (Wildman–Crippen MR) is 83.2 cm³/mol. The molecule has 1 atom stereocenters. The Labute approximate surface area is 130 Å². The van der Waals surface area contributed by atoms with Gasteiger partial charge in [0.1, 0.15) is 0 Å². The molecule has 1 heterocycles. The van der Waals surface area contributed by atoms with Gasteiger partial charge in [0.25, 0.3) is 0 Å². The summed E-state index contributed by atoms with van der Waals surface area (Å²) >= 11 is 1.30. The monoisotopic (exact) mass is 318 g/mol. The number of carbonyl (C=O) groups is 2. The van der Waals surface area contributed by atoms with Crippen molar-refractivity contribution in [3.63, 3.8) is 0 Å². The van der Waals surface area contributed by atoms with E-state index >= 15 is 0 Å². The first-order valence-corrected chi connectivity index (χ1v) is 8.52. The van der Waals surface area contributed by atoms with Crippen LogP contribution in [0.5, 0.6) is 0 Å². The quantitative estimate of drug-likeness (QED) is 0.664. The summed E-state index contributed by atoms with van der Waals surface area (Å²) in [5.74, 6) is 0.859. The van der Waals surface area contributed by atoms with Crippen molar-refractivity contribution in [2.24, 2.45) is 5.92 Å². The summed E-state index contributed by atoms with van der Waals surface area (Å²) in [5, 5.41) is 12.3. The molecular weight excluding hydrogens is 292 g/mol. The molecule has 1 saturated heterocycles. The Balaban J connectivity index is 2.08. The van der Waals surface area contributed by atoms with Gasteiger partial charge in [0.05, 0.1) is 30.8 Å². The van der Waals surface area contributed by atoms with Crippen LogP contribution in [0.15, 0.2) is 0 Å². The van der Waals surface area contributed by atoms with E-state index in [9.17, 15) is 14.7 Å². The molecule has 122 valence electrons. The van der Waals surface area contributed by atoms with Gasteiger partial charge in [-0.15, -0.1) is 11.8 Å². The van der Waals surface area contributed by atoms with Gasteiger partial charge < -0.3 is 20.1 Å². The highest BCUT2D eigenvalue weighted by Crippen LogP contribution is 2.06. The van der Waals surface area contributed by atoms with Crippen LogP contribution in [0.25, 0.3) is 0 Å². The van der Waals surface area contributed by atoms with Crippen molar-refractivity contribution >= 4 is 23.6 Å². The van der Waals surface area contributed by atoms with E-state index in [0.29, 0.717) is 44.4 Å². The Morgan fingerprint density at radius 3 is 2.57 bits per heavy atom. The molecule has 1 unspecified atom stereocenters. The number of aliphatic hydroxyl groups excluding tert-OH is 1. The number of thioether (sulfide) groups is 1. The molecule has 0 aromatic carbocycles. The fourth-order valence-electron chi connectivity index (χ4n) is 2.05. The minimum absolute atomic E-state index is 0.0518. The van der Waals surface area contributed by atoms with E-state index in [2.05, 4.69) is 5.32 Å². The highest BCUT2D eigenvalue weighted by Gasteiger charge is 2.17. The van der Waals surface area contributed by atoms with Gasteiger partial charge in [0.2, 0.25) is 11.8 Å². The number of nitrogens with zero attached hydrogens (tertiary/aromatic N) is 1. The lowest BCUT2D eigenvalue weighted by atomic mass is 10.1. The van der Waals surface area contributed by atoms with Gasteiger partial charge in [0, 0.05) is 19.6 Å². The first kappa shape index (κ1) is 18.3. The number of amides is 2. The van der Waals surface area contributed by atoms with Crippen LogP contribution in [0, 0.1) is 5.92 Å². The SMILES string of the molecule is CC(C)CC(O)CNC(=O)CSCC(=O)N1CCOCC1. The maximum Gasteiger partial charge on any atom is 0.232 e. The molecule has 0 aromatic heterocycles. The number of aliphatic hydroxyl groups is 1. The van der Waals surface area contributed by atoms with E-state index in [1.807, 2.05) is 13.8 Å². The number of nitrogens with one attached hydrogen (secondary N) is 1. The molecule has 0 aliphatic carbocycles. The Kier molecular flexibility index (Phi) is 8.72. The third kappa shape index (κ3) is 8.28. The molecule has 0 spiro atoms. The number of hydrogen-bond donors (Lipinski definition) is 2. The van der Waals surface area contributed by atoms with Crippen LogP contribution in [0.4, 0.5) is 0 Å². The lowest BCUT2D eigenvalue weighted by molar-refractivity contribution is -0.132. The van der Waals surface area contributed by atoms with Crippen LogP contribution < -0.4 is 5.32 Å². The van der Waals surface area contributed by atoms with Crippen molar-refractivity contribution in [3.05, 3.63) is 0 Å².